The van der Waals surface area contributed by atoms with Crippen LogP contribution in [0.5, 0.6) is 0 Å². The molecule has 0 N–H and O–H groups in total. The van der Waals surface area contributed by atoms with Crippen LogP contribution in [0.15, 0.2) is 170 Å². The van der Waals surface area contributed by atoms with Crippen LogP contribution >= 0.6 is 0 Å². The van der Waals surface area contributed by atoms with E-state index in [0.717, 1.165) is 0 Å². The average Bonchev–Trinajstić information content (AvgIpc) is 3.07. The number of benzene rings is 8. The van der Waals surface area contributed by atoms with Gasteiger partial charge in [-0.15, -0.1) is 0 Å². The first-order valence-corrected chi connectivity index (χ1v) is 14.5. The third-order valence-corrected chi connectivity index (χ3v) is 8.47. The summed E-state index contributed by atoms with van der Waals surface area (Å²) in [5.74, 6) is 0. The van der Waals surface area contributed by atoms with Crippen molar-refractivity contribution in [2.75, 3.05) is 0 Å². The molecule has 0 unspecified atom stereocenters. The second-order valence-corrected chi connectivity index (χ2v) is 10.9. The van der Waals surface area contributed by atoms with Crippen molar-refractivity contribution in [1.82, 2.24) is 0 Å². The summed E-state index contributed by atoms with van der Waals surface area (Å²) in [5.41, 5.74) is 10.0. The van der Waals surface area contributed by atoms with E-state index in [1.54, 1.807) is 0 Å². The van der Waals surface area contributed by atoms with Crippen LogP contribution in [-0.2, 0) is 0 Å². The van der Waals surface area contributed by atoms with E-state index < -0.39 is 0 Å². The summed E-state index contributed by atoms with van der Waals surface area (Å²) < 4.78 is 0. The largest absolute Gasteiger partial charge is 0.0622 e. The van der Waals surface area contributed by atoms with Crippen LogP contribution in [-0.4, -0.2) is 0 Å². The Morgan fingerprint density at radius 2 is 0.619 bits per heavy atom. The maximum atomic E-state index is 2.34. The lowest BCUT2D eigenvalue weighted by Crippen LogP contribution is -1.92. The van der Waals surface area contributed by atoms with E-state index in [0.29, 0.717) is 0 Å². The highest BCUT2D eigenvalue weighted by atomic mass is 14.2. The lowest BCUT2D eigenvalue weighted by molar-refractivity contribution is 1.61. The average molecular weight is 533 g/mol. The van der Waals surface area contributed by atoms with Crippen molar-refractivity contribution in [2.45, 2.75) is 0 Å². The maximum Gasteiger partial charge on any atom is -0.00201 e. The van der Waals surface area contributed by atoms with Gasteiger partial charge in [-0.2, -0.15) is 0 Å². The normalized spacial score (nSPS) is 11.3. The van der Waals surface area contributed by atoms with Crippen molar-refractivity contribution in [3.05, 3.63) is 170 Å². The number of rotatable bonds is 4. The summed E-state index contributed by atoms with van der Waals surface area (Å²) in [4.78, 5) is 0. The molecule has 0 aliphatic heterocycles. The molecule has 0 aromatic heterocycles. The summed E-state index contributed by atoms with van der Waals surface area (Å²) in [5, 5.41) is 7.63. The molecule has 0 saturated carbocycles. The van der Waals surface area contributed by atoms with Crippen molar-refractivity contribution in [3.63, 3.8) is 0 Å². The van der Waals surface area contributed by atoms with Gasteiger partial charge in [0.2, 0.25) is 0 Å². The summed E-state index contributed by atoms with van der Waals surface area (Å²) in [6.45, 7) is 0. The molecule has 0 radical (unpaired) electrons. The summed E-state index contributed by atoms with van der Waals surface area (Å²) in [7, 11) is 0. The van der Waals surface area contributed by atoms with Gasteiger partial charge >= 0.3 is 0 Å². The zero-order valence-electron chi connectivity index (χ0n) is 23.2. The fraction of sp³-hybridized carbons (Fsp3) is 0. The second-order valence-electron chi connectivity index (χ2n) is 10.9. The van der Waals surface area contributed by atoms with Crippen LogP contribution in [0, 0.1) is 0 Å². The van der Waals surface area contributed by atoms with Gasteiger partial charge in [0, 0.05) is 0 Å². The predicted molar refractivity (Wildman–Crippen MR) is 181 cm³/mol. The molecule has 8 rings (SSSR count). The molecule has 8 aromatic rings. The molecule has 0 amide bonds. The Balaban J connectivity index is 1.44. The molecule has 196 valence electrons. The van der Waals surface area contributed by atoms with Gasteiger partial charge in [0.15, 0.2) is 0 Å². The standard InChI is InChI=1S/C42H28/c1-3-14-29(15-4-1)31-18-11-19-32(28-31)41-37-20-7-9-22-39(37)42(40-23-10-8-21-38(40)41)36-27-13-25-34-33(24-12-26-35(34)36)30-16-5-2-6-17-30/h1-28H. The fourth-order valence-electron chi connectivity index (χ4n) is 6.61. The third kappa shape index (κ3) is 4.00. The van der Waals surface area contributed by atoms with Crippen LogP contribution in [0.3, 0.4) is 0 Å². The second kappa shape index (κ2) is 10.2. The van der Waals surface area contributed by atoms with Gasteiger partial charge in [-0.05, 0) is 82.9 Å². The molecule has 0 atom stereocenters. The van der Waals surface area contributed by atoms with Gasteiger partial charge in [0.05, 0.1) is 0 Å². The minimum absolute atomic E-state index is 1.23. The number of hydrogen-bond acceptors (Lipinski definition) is 0. The van der Waals surface area contributed by atoms with Crippen LogP contribution < -0.4 is 0 Å². The molecular weight excluding hydrogens is 504 g/mol. The van der Waals surface area contributed by atoms with Crippen LogP contribution in [0.4, 0.5) is 0 Å². The van der Waals surface area contributed by atoms with E-state index in [-0.39, 0.29) is 0 Å². The molecule has 0 fully saturated rings. The Bertz CT molecular complexity index is 2170. The molecule has 0 spiro atoms. The highest BCUT2D eigenvalue weighted by molar-refractivity contribution is 6.24. The zero-order valence-corrected chi connectivity index (χ0v) is 23.2. The van der Waals surface area contributed by atoms with Crippen LogP contribution in [0.25, 0.3) is 76.8 Å². The smallest absolute Gasteiger partial charge is 0.00201 e. The molecule has 0 heterocycles. The Morgan fingerprint density at radius 1 is 0.214 bits per heavy atom. The van der Waals surface area contributed by atoms with Crippen molar-refractivity contribution >= 4 is 32.3 Å². The van der Waals surface area contributed by atoms with E-state index in [9.17, 15) is 0 Å². The van der Waals surface area contributed by atoms with Gasteiger partial charge in [-0.3, -0.25) is 0 Å². The van der Waals surface area contributed by atoms with Crippen molar-refractivity contribution < 1.29 is 0 Å². The molecule has 0 heteroatoms. The topological polar surface area (TPSA) is 0 Å². The number of hydrogen-bond donors (Lipinski definition) is 0. The van der Waals surface area contributed by atoms with Gasteiger partial charge in [0.25, 0.3) is 0 Å². The maximum absolute atomic E-state index is 2.34. The molecule has 8 aromatic carbocycles. The van der Waals surface area contributed by atoms with E-state index in [1.165, 1.54) is 76.8 Å². The Hall–Kier alpha value is -5.46. The van der Waals surface area contributed by atoms with Crippen molar-refractivity contribution in [3.8, 4) is 44.5 Å². The number of fused-ring (bicyclic) bond motifs is 3. The van der Waals surface area contributed by atoms with Gasteiger partial charge in [-0.25, -0.2) is 0 Å². The van der Waals surface area contributed by atoms with Gasteiger partial charge in [-0.1, -0.05) is 164 Å². The SMILES string of the molecule is c1ccc(-c2cccc(-c3c4ccccc4c(-c4cccc5c(-c6ccccc6)cccc45)c4ccccc34)c2)cc1. The molecule has 0 aliphatic carbocycles. The molecule has 0 bridgehead atoms. The predicted octanol–water partition coefficient (Wildman–Crippen LogP) is 11.8. The lowest BCUT2D eigenvalue weighted by atomic mass is 9.84. The third-order valence-electron chi connectivity index (χ3n) is 8.47. The van der Waals surface area contributed by atoms with E-state index in [2.05, 4.69) is 170 Å². The van der Waals surface area contributed by atoms with E-state index in [4.69, 9.17) is 0 Å². The van der Waals surface area contributed by atoms with Gasteiger partial charge < -0.3 is 0 Å². The Morgan fingerprint density at radius 3 is 1.24 bits per heavy atom. The van der Waals surface area contributed by atoms with Gasteiger partial charge in [0.1, 0.15) is 0 Å². The molecule has 42 heavy (non-hydrogen) atoms. The molecule has 0 saturated heterocycles. The van der Waals surface area contributed by atoms with Crippen molar-refractivity contribution in [1.29, 1.82) is 0 Å². The minimum Gasteiger partial charge on any atom is -0.0622 e. The molecular formula is C42H28. The zero-order chi connectivity index (χ0) is 27.9. The highest BCUT2D eigenvalue weighted by Gasteiger charge is 2.18. The summed E-state index contributed by atoms with van der Waals surface area (Å²) >= 11 is 0. The minimum atomic E-state index is 1.23. The van der Waals surface area contributed by atoms with E-state index >= 15 is 0 Å². The van der Waals surface area contributed by atoms with Crippen LogP contribution in [0.2, 0.25) is 0 Å². The Kier molecular flexibility index (Phi) is 5.90. The monoisotopic (exact) mass is 532 g/mol. The first kappa shape index (κ1) is 24.3. The Labute approximate surface area is 246 Å². The fourth-order valence-corrected chi connectivity index (χ4v) is 6.61. The first-order chi connectivity index (χ1) is 20.9. The van der Waals surface area contributed by atoms with Crippen LogP contribution in [0.1, 0.15) is 0 Å². The summed E-state index contributed by atoms with van der Waals surface area (Å²) in [6.07, 6.45) is 0. The molecule has 0 aliphatic rings. The first-order valence-electron chi connectivity index (χ1n) is 14.5. The lowest BCUT2D eigenvalue weighted by Gasteiger charge is -2.19. The highest BCUT2D eigenvalue weighted by Crippen LogP contribution is 2.46. The van der Waals surface area contributed by atoms with Crippen molar-refractivity contribution in [2.24, 2.45) is 0 Å². The van der Waals surface area contributed by atoms with E-state index in [1.807, 2.05) is 0 Å². The summed E-state index contributed by atoms with van der Waals surface area (Å²) in [6, 6.07) is 61.7. The quantitative estimate of drug-likeness (QED) is 0.198. The molecule has 0 nitrogen and oxygen atoms in total.